The summed E-state index contributed by atoms with van der Waals surface area (Å²) >= 11 is 15.4. The molecule has 0 saturated carbocycles. The smallest absolute Gasteiger partial charge is 0.223 e. The summed E-state index contributed by atoms with van der Waals surface area (Å²) in [5, 5.41) is 0. The van der Waals surface area contributed by atoms with Gasteiger partial charge in [-0.2, -0.15) is 94.1 Å². The maximum Gasteiger partial charge on any atom is 0.223 e. The summed E-state index contributed by atoms with van der Waals surface area (Å²) in [5.41, 5.74) is 5.60. The molecule has 0 fully saturated rings. The van der Waals surface area contributed by atoms with E-state index in [4.69, 9.17) is 43.6 Å². The summed E-state index contributed by atoms with van der Waals surface area (Å²) in [7, 11) is 0. The van der Waals surface area contributed by atoms with Gasteiger partial charge >= 0.3 is 0 Å². The number of unbranched alkanes of at least 4 members (excludes halogenated alkanes) is 4. The van der Waals surface area contributed by atoms with E-state index in [0.717, 1.165) is 177 Å². The van der Waals surface area contributed by atoms with Crippen LogP contribution in [0.1, 0.15) is 130 Å². The first-order valence-corrected chi connectivity index (χ1v) is 44.2. The highest BCUT2D eigenvalue weighted by Crippen LogP contribution is 2.18. The average Bonchev–Trinajstić information content (AvgIpc) is 3.69. The number of ether oxygens (including phenoxy) is 8. The molecule has 0 saturated heterocycles. The Morgan fingerprint density at radius 3 is 0.761 bits per heavy atom. The molecule has 0 aromatic heterocycles. The van der Waals surface area contributed by atoms with Crippen molar-refractivity contribution in [3.8, 4) is 0 Å². The highest BCUT2D eigenvalue weighted by Gasteiger charge is 2.17. The van der Waals surface area contributed by atoms with E-state index in [1.807, 2.05) is 141 Å². The molecular formula is C67H131N5O12S8. The third kappa shape index (κ3) is 64.7. The molecule has 0 aliphatic carbocycles. The molecule has 544 valence electrons. The van der Waals surface area contributed by atoms with Crippen LogP contribution in [-0.4, -0.2) is 300 Å². The Bertz CT molecular complexity index is 1620. The molecule has 0 aromatic rings. The lowest BCUT2D eigenvalue weighted by Crippen LogP contribution is -2.35. The van der Waals surface area contributed by atoms with Crippen LogP contribution in [0.3, 0.4) is 0 Å². The molecule has 4 amide bonds. The average molecular weight is 1460 g/mol. The van der Waals surface area contributed by atoms with E-state index in [2.05, 4.69) is 6.58 Å². The van der Waals surface area contributed by atoms with Crippen LogP contribution >= 0.6 is 94.1 Å². The van der Waals surface area contributed by atoms with Crippen molar-refractivity contribution in [2.75, 3.05) is 257 Å². The Balaban J connectivity index is 4.52. The standard InChI is InChI=1S/C67H131N5O12S8/c1-6-28-69(32-36-81-44-40-77-7-2)64(73)23-60-89-53-16-12-49-86-57-20-30-71(34-38-83-46-42-79-9-4)66(75)25-62-91-55-18-14-51-88-59-22-31-72(35-39-84-47-43-80-10-5)67(76)26-63-92-54-17-13-50-87-58-21-29-70(33-37-82-45-41-78-8-3)65(74)24-61-90-52-15-11-48-85-56-19-27-68/h6H,1,7-63,68H2,2-5H3. The van der Waals surface area contributed by atoms with E-state index < -0.39 is 0 Å². The van der Waals surface area contributed by atoms with Crippen molar-refractivity contribution in [1.82, 2.24) is 19.6 Å². The van der Waals surface area contributed by atoms with Crippen LogP contribution in [-0.2, 0) is 57.1 Å². The zero-order chi connectivity index (χ0) is 66.9. The Labute approximate surface area is 595 Å². The van der Waals surface area contributed by atoms with Crippen LogP contribution in [0.15, 0.2) is 12.7 Å². The highest BCUT2D eigenvalue weighted by atomic mass is 32.2. The number of thioether (sulfide) groups is 8. The van der Waals surface area contributed by atoms with Crippen LogP contribution in [0.25, 0.3) is 0 Å². The fraction of sp³-hybridized carbons (Fsp3) is 0.910. The minimum absolute atomic E-state index is 0.150. The number of carbonyl (C=O) groups is 4. The molecule has 0 spiro atoms. The molecule has 0 radical (unpaired) electrons. The predicted molar refractivity (Wildman–Crippen MR) is 407 cm³/mol. The Morgan fingerprint density at radius 2 is 0.511 bits per heavy atom. The van der Waals surface area contributed by atoms with Gasteiger partial charge in [0.15, 0.2) is 0 Å². The maximum atomic E-state index is 13.5. The van der Waals surface area contributed by atoms with Gasteiger partial charge in [-0.15, -0.1) is 6.58 Å². The van der Waals surface area contributed by atoms with Crippen molar-refractivity contribution in [1.29, 1.82) is 0 Å². The Morgan fingerprint density at radius 1 is 0.293 bits per heavy atom. The fourth-order valence-electron chi connectivity index (χ4n) is 8.69. The fourth-order valence-corrected chi connectivity index (χ4v) is 16.2. The Kier molecular flexibility index (Phi) is 76.9. The largest absolute Gasteiger partial charge is 0.379 e. The highest BCUT2D eigenvalue weighted by molar-refractivity contribution is 8.00. The second-order valence-corrected chi connectivity index (χ2v) is 31.2. The molecule has 0 atom stereocenters. The second-order valence-electron chi connectivity index (χ2n) is 21.4. The zero-order valence-corrected chi connectivity index (χ0v) is 64.7. The zero-order valence-electron chi connectivity index (χ0n) is 58.1. The first kappa shape index (κ1) is 92.1. The number of nitrogens with two attached hydrogens (primary N) is 1. The molecule has 0 aliphatic rings. The van der Waals surface area contributed by atoms with Crippen LogP contribution < -0.4 is 5.73 Å². The van der Waals surface area contributed by atoms with Crippen LogP contribution in [0.4, 0.5) is 0 Å². The monoisotopic (exact) mass is 1450 g/mol. The number of nitrogens with zero attached hydrogens (tertiary/aromatic N) is 4. The lowest BCUT2D eigenvalue weighted by atomic mass is 10.3. The van der Waals surface area contributed by atoms with Gasteiger partial charge in [0.2, 0.25) is 23.6 Å². The molecule has 0 aromatic carbocycles. The molecule has 2 N–H and O–H groups in total. The van der Waals surface area contributed by atoms with Crippen molar-refractivity contribution < 1.29 is 57.1 Å². The first-order chi connectivity index (χ1) is 45.3. The van der Waals surface area contributed by atoms with E-state index >= 15 is 0 Å². The minimum Gasteiger partial charge on any atom is -0.379 e. The van der Waals surface area contributed by atoms with Gasteiger partial charge in [0, 0.05) is 127 Å². The summed E-state index contributed by atoms with van der Waals surface area (Å²) in [6.07, 6.45) is 17.3. The number of rotatable bonds is 77. The maximum absolute atomic E-state index is 13.5. The SMILES string of the molecule is C=CCN(CCOCCOCC)C(=O)CCSCCCCSCCCN(CCOCCOCC)C(=O)CCSCCCCSCCCN(CCOCCOCC)C(=O)CCSCCCCSCCCN(CCOCCOCC)C(=O)CCSCCCCSCCCN. The van der Waals surface area contributed by atoms with E-state index in [-0.39, 0.29) is 23.6 Å². The number of hydrogen-bond acceptors (Lipinski definition) is 21. The van der Waals surface area contributed by atoms with Gasteiger partial charge in [0.1, 0.15) is 0 Å². The van der Waals surface area contributed by atoms with Gasteiger partial charge in [0.05, 0.1) is 79.3 Å². The topological polar surface area (TPSA) is 181 Å². The van der Waals surface area contributed by atoms with Gasteiger partial charge in [-0.3, -0.25) is 19.2 Å². The van der Waals surface area contributed by atoms with Crippen molar-refractivity contribution in [3.05, 3.63) is 12.7 Å². The molecule has 0 rings (SSSR count). The van der Waals surface area contributed by atoms with Gasteiger partial charge in [-0.25, -0.2) is 0 Å². The molecule has 92 heavy (non-hydrogen) atoms. The third-order valence-electron chi connectivity index (χ3n) is 13.9. The lowest BCUT2D eigenvalue weighted by Gasteiger charge is -2.23. The number of hydrogen-bond donors (Lipinski definition) is 1. The normalized spacial score (nSPS) is 11.4. The molecule has 25 heteroatoms. The molecule has 17 nitrogen and oxygen atoms in total. The van der Waals surface area contributed by atoms with E-state index in [1.165, 1.54) is 18.6 Å². The minimum atomic E-state index is 0.150. The lowest BCUT2D eigenvalue weighted by molar-refractivity contribution is -0.132. The van der Waals surface area contributed by atoms with Crippen LogP contribution in [0.5, 0.6) is 0 Å². The van der Waals surface area contributed by atoms with Crippen LogP contribution in [0, 0.1) is 0 Å². The number of carbonyl (C=O) groups excluding carboxylic acids is 4. The summed E-state index contributed by atoms with van der Waals surface area (Å²) in [6.45, 7) is 27.0. The Hall–Kier alpha value is 0.0600. The van der Waals surface area contributed by atoms with Gasteiger partial charge in [-0.1, -0.05) is 6.08 Å². The van der Waals surface area contributed by atoms with Crippen molar-refractivity contribution in [2.45, 2.75) is 130 Å². The van der Waals surface area contributed by atoms with Gasteiger partial charge in [-0.05, 0) is 180 Å². The molecular weight excluding hydrogens is 1320 g/mol. The summed E-state index contributed by atoms with van der Waals surface area (Å²) in [5.74, 6) is 17.2. The van der Waals surface area contributed by atoms with E-state index in [9.17, 15) is 19.2 Å². The van der Waals surface area contributed by atoms with Crippen LogP contribution in [0.2, 0.25) is 0 Å². The molecule has 0 heterocycles. The summed E-state index contributed by atoms with van der Waals surface area (Å²) in [6, 6.07) is 0. The van der Waals surface area contributed by atoms with E-state index in [1.54, 1.807) is 6.08 Å². The molecule has 0 unspecified atom stereocenters. The molecule has 0 aliphatic heterocycles. The first-order valence-electron chi connectivity index (χ1n) is 34.9. The van der Waals surface area contributed by atoms with Crippen molar-refractivity contribution >= 4 is 118 Å². The van der Waals surface area contributed by atoms with Gasteiger partial charge in [0.25, 0.3) is 0 Å². The van der Waals surface area contributed by atoms with E-state index in [0.29, 0.717) is 164 Å². The van der Waals surface area contributed by atoms with Crippen molar-refractivity contribution in [2.24, 2.45) is 5.73 Å². The predicted octanol–water partition coefficient (Wildman–Crippen LogP) is 11.8. The van der Waals surface area contributed by atoms with Gasteiger partial charge < -0.3 is 63.2 Å². The second kappa shape index (κ2) is 76.8. The third-order valence-corrected chi connectivity index (χ3v) is 22.8. The van der Waals surface area contributed by atoms with Crippen molar-refractivity contribution in [3.63, 3.8) is 0 Å². The summed E-state index contributed by atoms with van der Waals surface area (Å²) < 4.78 is 44.6. The number of amides is 4. The summed E-state index contributed by atoms with van der Waals surface area (Å²) in [4.78, 5) is 60.7. The quantitative estimate of drug-likeness (QED) is 0.0448. The molecule has 0 bridgehead atoms.